The van der Waals surface area contributed by atoms with E-state index in [9.17, 15) is 9.50 Å². The molecule has 0 bridgehead atoms. The summed E-state index contributed by atoms with van der Waals surface area (Å²) < 4.78 is 19.4. The zero-order chi connectivity index (χ0) is 23.2. The first-order valence-electron chi connectivity index (χ1n) is 10.6. The number of hydrogen-bond acceptors (Lipinski definition) is 5. The fourth-order valence-electron chi connectivity index (χ4n) is 4.19. The van der Waals surface area contributed by atoms with Gasteiger partial charge in [-0.25, -0.2) is 9.37 Å². The summed E-state index contributed by atoms with van der Waals surface area (Å²) in [6.07, 6.45) is 3.03. The summed E-state index contributed by atoms with van der Waals surface area (Å²) >= 11 is 0. The molecule has 0 spiro atoms. The third kappa shape index (κ3) is 3.32. The third-order valence-corrected chi connectivity index (χ3v) is 5.76. The fraction of sp³-hybridized carbons (Fsp3) is 0.0385. The maximum Gasteiger partial charge on any atom is 0.135 e. The van der Waals surface area contributed by atoms with Crippen LogP contribution in [0.3, 0.4) is 0 Å². The Kier molecular flexibility index (Phi) is 4.51. The molecule has 7 nitrogen and oxygen atoms in total. The van der Waals surface area contributed by atoms with E-state index in [0.29, 0.717) is 28.2 Å². The highest BCUT2D eigenvalue weighted by Gasteiger charge is 2.16. The molecule has 8 heteroatoms. The van der Waals surface area contributed by atoms with Crippen LogP contribution in [-0.4, -0.2) is 37.4 Å². The maximum atomic E-state index is 14.2. The van der Waals surface area contributed by atoms with Crippen molar-refractivity contribution in [2.75, 3.05) is 7.11 Å². The van der Waals surface area contributed by atoms with Gasteiger partial charge in [0.15, 0.2) is 0 Å². The highest BCUT2D eigenvalue weighted by Crippen LogP contribution is 2.35. The molecule has 0 saturated heterocycles. The number of aromatic amines is 2. The molecule has 3 N–H and O–H groups in total. The summed E-state index contributed by atoms with van der Waals surface area (Å²) in [4.78, 5) is 12.2. The van der Waals surface area contributed by atoms with Crippen LogP contribution >= 0.6 is 0 Å². The predicted molar refractivity (Wildman–Crippen MR) is 128 cm³/mol. The van der Waals surface area contributed by atoms with Crippen LogP contribution in [0.25, 0.3) is 55.7 Å². The van der Waals surface area contributed by atoms with Gasteiger partial charge in [-0.3, -0.25) is 10.1 Å². The highest BCUT2D eigenvalue weighted by atomic mass is 19.1. The normalized spacial score (nSPS) is 11.4. The molecule has 4 aromatic heterocycles. The lowest BCUT2D eigenvalue weighted by Gasteiger charge is -2.07. The molecule has 2 aromatic carbocycles. The van der Waals surface area contributed by atoms with E-state index in [2.05, 4.69) is 20.2 Å². The molecule has 4 heterocycles. The summed E-state index contributed by atoms with van der Waals surface area (Å²) in [6.45, 7) is 0. The van der Waals surface area contributed by atoms with Crippen molar-refractivity contribution in [2.45, 2.75) is 0 Å². The van der Waals surface area contributed by atoms with Crippen molar-refractivity contribution < 1.29 is 14.2 Å². The molecule has 0 saturated carbocycles. The Morgan fingerprint density at radius 2 is 1.85 bits per heavy atom. The molecule has 0 unspecified atom stereocenters. The van der Waals surface area contributed by atoms with E-state index in [-0.39, 0.29) is 11.6 Å². The first-order valence-corrected chi connectivity index (χ1v) is 10.6. The zero-order valence-electron chi connectivity index (χ0n) is 18.0. The smallest absolute Gasteiger partial charge is 0.135 e. The second kappa shape index (κ2) is 7.70. The van der Waals surface area contributed by atoms with Crippen LogP contribution in [0.15, 0.2) is 73.1 Å². The van der Waals surface area contributed by atoms with Crippen molar-refractivity contribution in [1.82, 2.24) is 25.1 Å². The summed E-state index contributed by atoms with van der Waals surface area (Å²) in [5.74, 6) is 0.168. The lowest BCUT2D eigenvalue weighted by Crippen LogP contribution is -1.87. The Balaban J connectivity index is 1.50. The first-order chi connectivity index (χ1) is 16.6. The average Bonchev–Trinajstić information content (AvgIpc) is 3.47. The molecule has 6 rings (SSSR count). The van der Waals surface area contributed by atoms with E-state index in [0.717, 1.165) is 33.2 Å². The van der Waals surface area contributed by atoms with Crippen LogP contribution in [-0.2, 0) is 0 Å². The number of pyridine rings is 2. The molecule has 34 heavy (non-hydrogen) atoms. The second-order valence-electron chi connectivity index (χ2n) is 7.93. The Labute approximate surface area is 192 Å². The molecule has 0 amide bonds. The fourth-order valence-corrected chi connectivity index (χ4v) is 4.19. The maximum absolute atomic E-state index is 14.2. The molecule has 166 valence electrons. The number of ether oxygens (including phenoxy) is 1. The van der Waals surface area contributed by atoms with E-state index >= 15 is 0 Å². The molecule has 0 aliphatic rings. The SMILES string of the molecule is COc1cc(F)cc(-c2cccc3[nH]c(-c4n[nH]c5ccc(-c6cncc(O)c6)nc45)cc23)c1. The van der Waals surface area contributed by atoms with E-state index in [1.807, 2.05) is 42.5 Å². The number of H-pyrrole nitrogens is 2. The third-order valence-electron chi connectivity index (χ3n) is 5.76. The Hall–Kier alpha value is -4.72. The van der Waals surface area contributed by atoms with E-state index in [1.54, 1.807) is 12.3 Å². The second-order valence-corrected chi connectivity index (χ2v) is 7.93. The predicted octanol–water partition coefficient (Wildman–Crippen LogP) is 5.69. The zero-order valence-corrected chi connectivity index (χ0v) is 18.0. The van der Waals surface area contributed by atoms with Gasteiger partial charge in [-0.2, -0.15) is 5.10 Å². The van der Waals surface area contributed by atoms with E-state index < -0.39 is 0 Å². The summed E-state index contributed by atoms with van der Waals surface area (Å²) in [6, 6.07) is 17.8. The molecule has 0 radical (unpaired) electrons. The summed E-state index contributed by atoms with van der Waals surface area (Å²) in [7, 11) is 1.52. The van der Waals surface area contributed by atoms with Gasteiger partial charge < -0.3 is 14.8 Å². The Morgan fingerprint density at radius 3 is 2.71 bits per heavy atom. The molecular formula is C26H18FN5O2. The number of methoxy groups -OCH3 is 1. The number of halogens is 1. The van der Waals surface area contributed by atoms with Gasteiger partial charge in [0, 0.05) is 28.7 Å². The van der Waals surface area contributed by atoms with Gasteiger partial charge in [-0.1, -0.05) is 12.1 Å². The van der Waals surface area contributed by atoms with Gasteiger partial charge >= 0.3 is 0 Å². The number of fused-ring (bicyclic) bond motifs is 2. The largest absolute Gasteiger partial charge is 0.506 e. The summed E-state index contributed by atoms with van der Waals surface area (Å²) in [5, 5.41) is 18.2. The van der Waals surface area contributed by atoms with Crippen molar-refractivity contribution in [1.29, 1.82) is 0 Å². The van der Waals surface area contributed by atoms with E-state index in [1.165, 1.54) is 25.4 Å². The Bertz CT molecular complexity index is 1690. The van der Waals surface area contributed by atoms with Crippen molar-refractivity contribution in [3.05, 3.63) is 78.9 Å². The van der Waals surface area contributed by atoms with Crippen LogP contribution < -0.4 is 4.74 Å². The molecule has 0 fully saturated rings. The number of aromatic hydroxyl groups is 1. The summed E-state index contributed by atoms with van der Waals surface area (Å²) in [5.41, 5.74) is 6.74. The minimum Gasteiger partial charge on any atom is -0.506 e. The number of nitrogens with zero attached hydrogens (tertiary/aromatic N) is 3. The lowest BCUT2D eigenvalue weighted by molar-refractivity contribution is 0.411. The van der Waals surface area contributed by atoms with Crippen LogP contribution in [0.1, 0.15) is 0 Å². The minimum atomic E-state index is -0.362. The van der Waals surface area contributed by atoms with Gasteiger partial charge in [0.2, 0.25) is 0 Å². The van der Waals surface area contributed by atoms with Gasteiger partial charge in [0.05, 0.1) is 30.2 Å². The van der Waals surface area contributed by atoms with Gasteiger partial charge in [-0.05, 0) is 53.6 Å². The molecule has 0 aliphatic heterocycles. The van der Waals surface area contributed by atoms with Gasteiger partial charge in [0.1, 0.15) is 28.5 Å². The quantitative estimate of drug-likeness (QED) is 0.320. The molecule has 6 aromatic rings. The van der Waals surface area contributed by atoms with Crippen LogP contribution in [0.2, 0.25) is 0 Å². The minimum absolute atomic E-state index is 0.0731. The van der Waals surface area contributed by atoms with Gasteiger partial charge in [0.25, 0.3) is 0 Å². The number of nitrogens with one attached hydrogen (secondary N) is 2. The molecular weight excluding hydrogens is 433 g/mol. The standard InChI is InChI=1S/C26H18FN5O2/c1-34-18-9-14(7-16(27)10-18)19-3-2-4-22-20(19)11-24(29-22)26-25-23(31-32-26)6-5-21(30-25)15-8-17(33)13-28-12-15/h2-13,29,33H,1H3,(H,31,32). The number of rotatable bonds is 4. The first kappa shape index (κ1) is 19.9. The topological polar surface area (TPSA) is 99.7 Å². The van der Waals surface area contributed by atoms with Crippen molar-refractivity contribution in [3.63, 3.8) is 0 Å². The van der Waals surface area contributed by atoms with E-state index in [4.69, 9.17) is 9.72 Å². The Morgan fingerprint density at radius 1 is 0.941 bits per heavy atom. The van der Waals surface area contributed by atoms with Crippen molar-refractivity contribution in [2.24, 2.45) is 0 Å². The average molecular weight is 451 g/mol. The monoisotopic (exact) mass is 451 g/mol. The number of benzene rings is 2. The molecule has 0 atom stereocenters. The molecule has 0 aliphatic carbocycles. The van der Waals surface area contributed by atoms with Crippen LogP contribution in [0, 0.1) is 5.82 Å². The van der Waals surface area contributed by atoms with Gasteiger partial charge in [-0.15, -0.1) is 0 Å². The lowest BCUT2D eigenvalue weighted by atomic mass is 10.0. The van der Waals surface area contributed by atoms with Crippen molar-refractivity contribution in [3.8, 4) is 45.3 Å². The highest BCUT2D eigenvalue weighted by molar-refractivity contribution is 6.00. The number of aromatic nitrogens is 5. The number of hydrogen-bond donors (Lipinski definition) is 3. The van der Waals surface area contributed by atoms with Crippen LogP contribution in [0.4, 0.5) is 4.39 Å². The van der Waals surface area contributed by atoms with Crippen LogP contribution in [0.5, 0.6) is 11.5 Å². The van der Waals surface area contributed by atoms with Crippen molar-refractivity contribution >= 4 is 21.9 Å².